The van der Waals surface area contributed by atoms with Crippen molar-refractivity contribution in [3.05, 3.63) is 79.1 Å². The van der Waals surface area contributed by atoms with E-state index in [0.717, 1.165) is 17.0 Å². The molecule has 1 unspecified atom stereocenters. The van der Waals surface area contributed by atoms with Gasteiger partial charge < -0.3 is 5.32 Å². The third-order valence-corrected chi connectivity index (χ3v) is 7.67. The van der Waals surface area contributed by atoms with Crippen LogP contribution in [0.5, 0.6) is 0 Å². The van der Waals surface area contributed by atoms with Crippen molar-refractivity contribution in [3.8, 4) is 6.07 Å². The second kappa shape index (κ2) is 8.66. The van der Waals surface area contributed by atoms with Crippen molar-refractivity contribution in [3.63, 3.8) is 0 Å². The minimum Gasteiger partial charge on any atom is -0.352 e. The molecule has 4 rings (SSSR count). The van der Waals surface area contributed by atoms with E-state index in [-0.39, 0.29) is 28.7 Å². The number of nitrogens with zero attached hydrogens (tertiary/aromatic N) is 1. The molecule has 1 aromatic carbocycles. The van der Waals surface area contributed by atoms with Crippen LogP contribution in [0, 0.1) is 16.7 Å². The summed E-state index contributed by atoms with van der Waals surface area (Å²) in [5.74, 6) is -0.142. The Kier molecular flexibility index (Phi) is 6.11. The van der Waals surface area contributed by atoms with Gasteiger partial charge in [-0.2, -0.15) is 5.26 Å². The maximum absolute atomic E-state index is 13.1. The molecule has 0 bridgehead atoms. The fourth-order valence-electron chi connectivity index (χ4n) is 4.09. The lowest BCUT2D eigenvalue weighted by molar-refractivity contribution is -0.118. The summed E-state index contributed by atoms with van der Waals surface area (Å²) in [5, 5.41) is 16.6. The number of hydrogen-bond donors (Lipinski definition) is 1. The molecule has 0 spiro atoms. The quantitative estimate of drug-likeness (QED) is 0.538. The van der Waals surface area contributed by atoms with Crippen molar-refractivity contribution in [1.82, 2.24) is 5.32 Å². The first-order valence-corrected chi connectivity index (χ1v) is 12.2. The lowest BCUT2D eigenvalue weighted by Gasteiger charge is -2.38. The summed E-state index contributed by atoms with van der Waals surface area (Å²) in [7, 11) is 0. The third kappa shape index (κ3) is 4.50. The minimum atomic E-state index is -0.377. The summed E-state index contributed by atoms with van der Waals surface area (Å²) in [6.45, 7) is 4.16. The normalized spacial score (nSPS) is 20.2. The van der Waals surface area contributed by atoms with Gasteiger partial charge in [-0.3, -0.25) is 9.59 Å². The van der Waals surface area contributed by atoms with Gasteiger partial charge in [0.25, 0.3) is 0 Å². The van der Waals surface area contributed by atoms with Crippen molar-refractivity contribution >= 4 is 46.3 Å². The molecule has 0 saturated heterocycles. The number of allylic oxidation sites excluding steroid dienone is 3. The molecular weight excluding hydrogens is 448 g/mol. The first kappa shape index (κ1) is 21.9. The highest BCUT2D eigenvalue weighted by Gasteiger charge is 2.42. The molecule has 2 aliphatic rings. The van der Waals surface area contributed by atoms with Crippen molar-refractivity contribution in [2.75, 3.05) is 5.75 Å². The van der Waals surface area contributed by atoms with Gasteiger partial charge in [-0.15, -0.1) is 11.3 Å². The fraction of sp³-hybridized carbons (Fsp3) is 0.292. The van der Waals surface area contributed by atoms with Crippen LogP contribution in [0.3, 0.4) is 0 Å². The Balaban J connectivity index is 1.67. The van der Waals surface area contributed by atoms with Gasteiger partial charge >= 0.3 is 0 Å². The Bertz CT molecular complexity index is 1140. The van der Waals surface area contributed by atoms with Crippen molar-refractivity contribution in [1.29, 1.82) is 5.26 Å². The molecule has 2 heterocycles. The maximum Gasteiger partial charge on any atom is 0.173 e. The van der Waals surface area contributed by atoms with Gasteiger partial charge in [0, 0.05) is 33.2 Å². The molecule has 2 aromatic rings. The zero-order valence-corrected chi connectivity index (χ0v) is 19.6. The van der Waals surface area contributed by atoms with Crippen LogP contribution in [-0.2, 0) is 4.79 Å². The van der Waals surface area contributed by atoms with Crippen molar-refractivity contribution in [2.24, 2.45) is 5.41 Å². The second-order valence-electron chi connectivity index (χ2n) is 8.48. The summed E-state index contributed by atoms with van der Waals surface area (Å²) in [6, 6.07) is 13.0. The number of dihydropyridines is 1. The van der Waals surface area contributed by atoms with Crippen LogP contribution in [0.15, 0.2) is 63.7 Å². The Hall–Kier alpha value is -2.33. The van der Waals surface area contributed by atoms with Crippen LogP contribution in [0.1, 0.15) is 47.8 Å². The number of hydrogen-bond acceptors (Lipinski definition) is 6. The molecule has 7 heteroatoms. The highest BCUT2D eigenvalue weighted by Crippen LogP contribution is 2.48. The molecule has 1 N–H and O–H groups in total. The number of thioether (sulfide) groups is 1. The molecule has 0 amide bonds. The second-order valence-corrected chi connectivity index (χ2v) is 10.9. The first-order chi connectivity index (χ1) is 14.8. The summed E-state index contributed by atoms with van der Waals surface area (Å²) in [6.07, 6.45) is 1.19. The molecular formula is C24H21ClN2O2S2. The van der Waals surface area contributed by atoms with Crippen LogP contribution in [0.4, 0.5) is 0 Å². The number of benzene rings is 1. The van der Waals surface area contributed by atoms with E-state index in [2.05, 4.69) is 25.2 Å². The number of rotatable bonds is 5. The van der Waals surface area contributed by atoms with Gasteiger partial charge in [0.05, 0.1) is 28.3 Å². The Morgan fingerprint density at radius 3 is 2.68 bits per heavy atom. The Morgan fingerprint density at radius 1 is 1.29 bits per heavy atom. The van der Waals surface area contributed by atoms with E-state index in [1.807, 2.05) is 17.5 Å². The number of nitriles is 1. The number of nitrogens with one attached hydrogen (secondary N) is 1. The average Bonchev–Trinajstić information content (AvgIpc) is 3.25. The minimum absolute atomic E-state index is 0.0410. The van der Waals surface area contributed by atoms with Gasteiger partial charge in [0.1, 0.15) is 0 Å². The standard InChI is InChI=1S/C24H21ClN2O2S2/c1-24(2)10-17-22(18(28)11-24)21(20-4-3-9-30-20)16(12-26)23(27-17)31-13-19(29)14-5-7-15(25)8-6-14/h3-9,21,27H,10-11,13H2,1-2H3. The first-order valence-electron chi connectivity index (χ1n) is 9.91. The number of Topliss-reactive ketones (excluding diaryl/α,β-unsaturated/α-hetero) is 2. The SMILES string of the molecule is CC1(C)CC(=O)C2=C(C1)NC(SCC(=O)c1ccc(Cl)cc1)=C(C#N)C2c1cccs1. The van der Waals surface area contributed by atoms with Crippen molar-refractivity contribution < 1.29 is 9.59 Å². The molecule has 0 fully saturated rings. The molecule has 1 aromatic heterocycles. The molecule has 158 valence electrons. The summed E-state index contributed by atoms with van der Waals surface area (Å²) in [5.41, 5.74) is 2.51. The number of carbonyl (C=O) groups is 2. The summed E-state index contributed by atoms with van der Waals surface area (Å²) >= 11 is 8.78. The molecule has 4 nitrogen and oxygen atoms in total. The topological polar surface area (TPSA) is 70.0 Å². The Morgan fingerprint density at radius 2 is 2.03 bits per heavy atom. The molecule has 1 aliphatic heterocycles. The van der Waals surface area contributed by atoms with E-state index in [1.165, 1.54) is 11.8 Å². The largest absolute Gasteiger partial charge is 0.352 e. The number of carbonyl (C=O) groups excluding carboxylic acids is 2. The van der Waals surface area contributed by atoms with Crippen LogP contribution in [0.25, 0.3) is 0 Å². The zero-order chi connectivity index (χ0) is 22.2. The van der Waals surface area contributed by atoms with Crippen LogP contribution in [0.2, 0.25) is 5.02 Å². The van der Waals surface area contributed by atoms with Crippen LogP contribution in [-0.4, -0.2) is 17.3 Å². The number of thiophene rings is 1. The fourth-order valence-corrected chi connectivity index (χ4v) is 6.01. The Labute approximate surface area is 195 Å². The van der Waals surface area contributed by atoms with E-state index in [0.29, 0.717) is 33.2 Å². The maximum atomic E-state index is 13.1. The van der Waals surface area contributed by atoms with Gasteiger partial charge in [0.15, 0.2) is 11.6 Å². The third-order valence-electron chi connectivity index (χ3n) is 5.47. The molecule has 31 heavy (non-hydrogen) atoms. The molecule has 1 atom stereocenters. The average molecular weight is 469 g/mol. The smallest absolute Gasteiger partial charge is 0.173 e. The summed E-state index contributed by atoms with van der Waals surface area (Å²) in [4.78, 5) is 26.8. The van der Waals surface area contributed by atoms with E-state index in [9.17, 15) is 14.9 Å². The van der Waals surface area contributed by atoms with Gasteiger partial charge in [-0.1, -0.05) is 43.3 Å². The van der Waals surface area contributed by atoms with Crippen LogP contribution < -0.4 is 5.32 Å². The van der Waals surface area contributed by atoms with Gasteiger partial charge in [0.2, 0.25) is 0 Å². The van der Waals surface area contributed by atoms with Crippen molar-refractivity contribution in [2.45, 2.75) is 32.6 Å². The molecule has 0 saturated carbocycles. The highest BCUT2D eigenvalue weighted by atomic mass is 35.5. The predicted octanol–water partition coefficient (Wildman–Crippen LogP) is 6.08. The predicted molar refractivity (Wildman–Crippen MR) is 126 cm³/mol. The van der Waals surface area contributed by atoms with E-state index < -0.39 is 0 Å². The zero-order valence-electron chi connectivity index (χ0n) is 17.2. The highest BCUT2D eigenvalue weighted by molar-refractivity contribution is 8.03. The van der Waals surface area contributed by atoms with Gasteiger partial charge in [-0.25, -0.2) is 0 Å². The lowest BCUT2D eigenvalue weighted by atomic mass is 9.70. The lowest BCUT2D eigenvalue weighted by Crippen LogP contribution is -2.36. The number of ketones is 2. The van der Waals surface area contributed by atoms with Gasteiger partial charge in [-0.05, 0) is 47.5 Å². The van der Waals surface area contributed by atoms with Crippen LogP contribution >= 0.6 is 34.7 Å². The summed E-state index contributed by atoms with van der Waals surface area (Å²) < 4.78 is 0. The molecule has 0 radical (unpaired) electrons. The van der Waals surface area contributed by atoms with E-state index in [1.54, 1.807) is 35.6 Å². The van der Waals surface area contributed by atoms with E-state index >= 15 is 0 Å². The monoisotopic (exact) mass is 468 g/mol. The number of halogens is 1. The van der Waals surface area contributed by atoms with E-state index in [4.69, 9.17) is 11.6 Å². The molecule has 1 aliphatic carbocycles.